The van der Waals surface area contributed by atoms with Gasteiger partial charge in [-0.25, -0.2) is 0 Å². The number of amides is 1. The van der Waals surface area contributed by atoms with Crippen LogP contribution in [0.1, 0.15) is 35.3 Å². The molecule has 1 aliphatic rings. The first kappa shape index (κ1) is 28.1. The van der Waals surface area contributed by atoms with Crippen LogP contribution in [0.3, 0.4) is 0 Å². The van der Waals surface area contributed by atoms with Crippen LogP contribution >= 0.6 is 0 Å². The lowest BCUT2D eigenvalue weighted by molar-refractivity contribution is -0.137. The van der Waals surface area contributed by atoms with E-state index in [9.17, 15) is 26.4 Å². The monoisotopic (exact) mass is 565 g/mol. The minimum Gasteiger partial charge on any atom is -0.493 e. The number of halogens is 3. The van der Waals surface area contributed by atoms with Gasteiger partial charge in [-0.05, 0) is 60.0 Å². The van der Waals surface area contributed by atoms with Gasteiger partial charge < -0.3 is 23.3 Å². The zero-order chi connectivity index (χ0) is 28.4. The second-order valence-electron chi connectivity index (χ2n) is 9.20. The Morgan fingerprint density at radius 3 is 2.44 bits per heavy atom. The van der Waals surface area contributed by atoms with Crippen molar-refractivity contribution in [3.63, 3.8) is 0 Å². The molecular formula is C27H26F3NO7S. The molecule has 1 amide bonds. The molecule has 3 aromatic carbocycles. The molecule has 0 radical (unpaired) electrons. The molecule has 0 spiro atoms. The van der Waals surface area contributed by atoms with Gasteiger partial charge in [0.2, 0.25) is 6.79 Å². The van der Waals surface area contributed by atoms with Crippen LogP contribution in [0.5, 0.6) is 23.0 Å². The first-order valence-electron chi connectivity index (χ1n) is 11.8. The normalized spacial score (nSPS) is 12.9. The number of alkyl halides is 3. The van der Waals surface area contributed by atoms with E-state index in [0.717, 1.165) is 18.2 Å². The third-order valence-corrected chi connectivity index (χ3v) is 6.97. The molecule has 0 aliphatic carbocycles. The van der Waals surface area contributed by atoms with Gasteiger partial charge in [-0.3, -0.25) is 4.79 Å². The lowest BCUT2D eigenvalue weighted by Gasteiger charge is -2.25. The van der Waals surface area contributed by atoms with Crippen molar-refractivity contribution < 1.29 is 44.8 Å². The van der Waals surface area contributed by atoms with Gasteiger partial charge in [0, 0.05) is 18.7 Å². The fourth-order valence-corrected chi connectivity index (χ4v) is 4.95. The molecule has 1 aliphatic heterocycles. The van der Waals surface area contributed by atoms with Crippen molar-refractivity contribution in [3.05, 3.63) is 77.4 Å². The Labute approximate surface area is 224 Å². The third-order valence-electron chi connectivity index (χ3n) is 5.74. The van der Waals surface area contributed by atoms with Crippen molar-refractivity contribution in [2.24, 2.45) is 5.92 Å². The largest absolute Gasteiger partial charge is 0.493 e. The molecule has 0 saturated carbocycles. The molecule has 39 heavy (non-hydrogen) atoms. The van der Waals surface area contributed by atoms with Crippen LogP contribution < -0.4 is 18.4 Å². The van der Waals surface area contributed by atoms with E-state index in [-0.39, 0.29) is 36.7 Å². The highest BCUT2D eigenvalue weighted by Gasteiger charge is 2.32. The van der Waals surface area contributed by atoms with Crippen molar-refractivity contribution in [2.75, 3.05) is 20.4 Å². The number of hydrogen-bond donors (Lipinski definition) is 0. The predicted octanol–water partition coefficient (Wildman–Crippen LogP) is 5.51. The van der Waals surface area contributed by atoms with Crippen LogP contribution in [0.4, 0.5) is 13.2 Å². The molecule has 12 heteroatoms. The summed E-state index contributed by atoms with van der Waals surface area (Å²) in [6, 6.07) is 12.6. The van der Waals surface area contributed by atoms with Crippen LogP contribution in [0.15, 0.2) is 65.6 Å². The van der Waals surface area contributed by atoms with Crippen molar-refractivity contribution in [1.82, 2.24) is 4.90 Å². The third kappa shape index (κ3) is 6.56. The lowest BCUT2D eigenvalue weighted by atomic mass is 10.1. The summed E-state index contributed by atoms with van der Waals surface area (Å²) in [7, 11) is -3.35. The average molecular weight is 566 g/mol. The number of carbonyl (C=O) groups is 1. The Bertz CT molecular complexity index is 1470. The zero-order valence-electron chi connectivity index (χ0n) is 21.3. The van der Waals surface area contributed by atoms with Gasteiger partial charge in [-0.2, -0.15) is 21.6 Å². The number of rotatable bonds is 9. The molecule has 0 saturated heterocycles. The van der Waals surface area contributed by atoms with Gasteiger partial charge >= 0.3 is 16.3 Å². The molecule has 8 nitrogen and oxygen atoms in total. The molecule has 0 bridgehead atoms. The summed E-state index contributed by atoms with van der Waals surface area (Å²) in [5.74, 6) is 0.653. The number of fused-ring (bicyclic) bond motifs is 1. The highest BCUT2D eigenvalue weighted by molar-refractivity contribution is 7.87. The Morgan fingerprint density at radius 2 is 1.74 bits per heavy atom. The summed E-state index contributed by atoms with van der Waals surface area (Å²) in [6.07, 6.45) is -4.73. The summed E-state index contributed by atoms with van der Waals surface area (Å²) in [6.45, 7) is 4.45. The van der Waals surface area contributed by atoms with Crippen LogP contribution in [0.2, 0.25) is 0 Å². The zero-order valence-corrected chi connectivity index (χ0v) is 22.1. The highest BCUT2D eigenvalue weighted by Crippen LogP contribution is 2.35. The second-order valence-corrected chi connectivity index (χ2v) is 10.7. The van der Waals surface area contributed by atoms with Crippen molar-refractivity contribution in [2.45, 2.75) is 31.5 Å². The summed E-state index contributed by atoms with van der Waals surface area (Å²) in [5, 5.41) is 0. The van der Waals surface area contributed by atoms with Gasteiger partial charge in [0.15, 0.2) is 23.0 Å². The molecule has 4 rings (SSSR count). The topological polar surface area (TPSA) is 91.4 Å². The fourth-order valence-electron chi connectivity index (χ4n) is 3.97. The molecule has 0 unspecified atom stereocenters. The van der Waals surface area contributed by atoms with E-state index in [1.54, 1.807) is 29.2 Å². The minimum atomic E-state index is -4.73. The van der Waals surface area contributed by atoms with E-state index in [1.807, 2.05) is 13.8 Å². The fraction of sp³-hybridized carbons (Fsp3) is 0.296. The van der Waals surface area contributed by atoms with Gasteiger partial charge in [0.25, 0.3) is 5.91 Å². The summed E-state index contributed by atoms with van der Waals surface area (Å²) < 4.78 is 86.2. The summed E-state index contributed by atoms with van der Waals surface area (Å²) in [5.41, 5.74) is -0.226. The van der Waals surface area contributed by atoms with Gasteiger partial charge in [0.05, 0.1) is 12.7 Å². The molecule has 208 valence electrons. The summed E-state index contributed by atoms with van der Waals surface area (Å²) in [4.78, 5) is 14.3. The number of methoxy groups -OCH3 is 1. The SMILES string of the molecule is COc1ccc(CN(CC(C)C)C(=O)c2ccc3c(c2)OCO3)cc1OS(=O)(=O)c1cccc(C(F)(F)F)c1. The number of nitrogens with zero attached hydrogens (tertiary/aromatic N) is 1. The molecule has 0 fully saturated rings. The van der Waals surface area contributed by atoms with E-state index in [4.69, 9.17) is 18.4 Å². The van der Waals surface area contributed by atoms with Crippen LogP contribution in [0.25, 0.3) is 0 Å². The molecule has 0 atom stereocenters. The van der Waals surface area contributed by atoms with Gasteiger partial charge in [0.1, 0.15) is 4.90 Å². The molecule has 0 N–H and O–H groups in total. The quantitative estimate of drug-likeness (QED) is 0.316. The van der Waals surface area contributed by atoms with Crippen LogP contribution in [-0.2, 0) is 22.8 Å². The Morgan fingerprint density at radius 1 is 1.00 bits per heavy atom. The van der Waals surface area contributed by atoms with E-state index in [1.165, 1.54) is 19.2 Å². The summed E-state index contributed by atoms with van der Waals surface area (Å²) >= 11 is 0. The number of carbonyl (C=O) groups excluding carboxylic acids is 1. The lowest BCUT2D eigenvalue weighted by Crippen LogP contribution is -2.33. The number of ether oxygens (including phenoxy) is 3. The average Bonchev–Trinajstić information content (AvgIpc) is 3.35. The first-order valence-corrected chi connectivity index (χ1v) is 13.3. The minimum absolute atomic E-state index is 0.0480. The number of hydrogen-bond acceptors (Lipinski definition) is 7. The van der Waals surface area contributed by atoms with Crippen molar-refractivity contribution in [1.29, 1.82) is 0 Å². The second kappa shape index (κ2) is 11.0. The van der Waals surface area contributed by atoms with Crippen molar-refractivity contribution in [3.8, 4) is 23.0 Å². The standard InChI is InChI=1S/C27H26F3NO7S/c1-17(2)14-31(26(32)19-8-10-23-24(12-19)37-16-36-23)15-18-7-9-22(35-3)25(11-18)38-39(33,34)21-6-4-5-20(13-21)27(28,29)30/h4-13,17H,14-16H2,1-3H3. The first-order chi connectivity index (χ1) is 18.4. The maximum Gasteiger partial charge on any atom is 0.416 e. The molecule has 1 heterocycles. The number of benzene rings is 3. The van der Waals surface area contributed by atoms with E-state index in [2.05, 4.69) is 0 Å². The molecule has 3 aromatic rings. The van der Waals surface area contributed by atoms with E-state index >= 15 is 0 Å². The molecular weight excluding hydrogens is 539 g/mol. The molecule has 0 aromatic heterocycles. The maximum atomic E-state index is 13.4. The van der Waals surface area contributed by atoms with Crippen molar-refractivity contribution >= 4 is 16.0 Å². The van der Waals surface area contributed by atoms with Gasteiger partial charge in [-0.1, -0.05) is 26.0 Å². The Balaban J connectivity index is 1.61. The Hall–Kier alpha value is -3.93. The van der Waals surface area contributed by atoms with Crippen LogP contribution in [-0.4, -0.2) is 39.7 Å². The van der Waals surface area contributed by atoms with E-state index < -0.39 is 26.8 Å². The smallest absolute Gasteiger partial charge is 0.416 e. The van der Waals surface area contributed by atoms with E-state index in [0.29, 0.717) is 35.2 Å². The van der Waals surface area contributed by atoms with Crippen LogP contribution in [0, 0.1) is 5.92 Å². The highest BCUT2D eigenvalue weighted by atomic mass is 32.2. The van der Waals surface area contributed by atoms with Gasteiger partial charge in [-0.15, -0.1) is 0 Å². The maximum absolute atomic E-state index is 13.4. The predicted molar refractivity (Wildman–Crippen MR) is 134 cm³/mol. The Kier molecular flexibility index (Phi) is 7.96.